The minimum absolute atomic E-state index is 0. The number of hydrogen-bond acceptors (Lipinski definition) is 10. The molecule has 0 aliphatic rings. The van der Waals surface area contributed by atoms with E-state index in [9.17, 15) is 29.4 Å². The fourth-order valence-electron chi connectivity index (χ4n) is 3.11. The molecule has 0 heterocycles. The van der Waals surface area contributed by atoms with Gasteiger partial charge in [-0.05, 0) is 71.8 Å². The molecule has 16 N–H and O–H groups in total. The van der Waals surface area contributed by atoms with Gasteiger partial charge in [0.25, 0.3) is 0 Å². The molecule has 51 heavy (non-hydrogen) atoms. The second-order valence-corrected chi connectivity index (χ2v) is 11.1. The number of carboxylic acid groups (broad SMARTS) is 4. The Labute approximate surface area is 301 Å². The van der Waals surface area contributed by atoms with Crippen LogP contribution in [0.25, 0.3) is 0 Å². The van der Waals surface area contributed by atoms with Gasteiger partial charge in [0.1, 0.15) is 11.5 Å². The van der Waals surface area contributed by atoms with Gasteiger partial charge in [0.2, 0.25) is 0 Å². The first-order valence-electron chi connectivity index (χ1n) is 13.6. The van der Waals surface area contributed by atoms with Gasteiger partial charge < -0.3 is 58.5 Å². The molecular formula is C34H40N2O13S2. The van der Waals surface area contributed by atoms with Gasteiger partial charge in [0.15, 0.2) is 0 Å². The average Bonchev–Trinajstić information content (AvgIpc) is 3.06. The molecule has 0 fully saturated rings. The molecule has 0 radical (unpaired) electrons. The summed E-state index contributed by atoms with van der Waals surface area (Å²) < 4.78 is 0. The van der Waals surface area contributed by atoms with Crippen LogP contribution < -0.4 is 11.5 Å². The molecule has 0 amide bonds. The Morgan fingerprint density at radius 3 is 0.961 bits per heavy atom. The predicted octanol–water partition coefficient (Wildman–Crippen LogP) is 2.95. The quantitative estimate of drug-likeness (QED) is 0.108. The van der Waals surface area contributed by atoms with Crippen molar-refractivity contribution in [2.45, 2.75) is 32.7 Å². The molecule has 15 nitrogen and oxygen atoms in total. The Balaban J connectivity index is -0.000000623. The smallest absolute Gasteiger partial charge is 0.328 e. The normalized spacial score (nSPS) is 9.45. The third-order valence-corrected chi connectivity index (χ3v) is 7.50. The fraction of sp³-hybridized carbons (Fsp3) is 0.0588. The highest BCUT2D eigenvalue weighted by Crippen LogP contribution is 2.32. The number of phenols is 2. The molecule has 0 aromatic heterocycles. The Morgan fingerprint density at radius 1 is 0.471 bits per heavy atom. The van der Waals surface area contributed by atoms with E-state index < -0.39 is 23.9 Å². The van der Waals surface area contributed by atoms with Crippen molar-refractivity contribution in [3.05, 3.63) is 132 Å². The SMILES string of the molecule is NCc1ccccc1Sc1ccc(O)cc1.NCc1ccccc1Sc1ccc(O)cc1.O.O.O.O=C(O)/C=C\C(=O)O.O=C(O)/C=C\C(=O)O. The van der Waals surface area contributed by atoms with Crippen LogP contribution in [0.1, 0.15) is 11.1 Å². The van der Waals surface area contributed by atoms with Crippen molar-refractivity contribution >= 4 is 47.4 Å². The lowest BCUT2D eigenvalue weighted by Gasteiger charge is -2.06. The molecule has 4 aromatic rings. The van der Waals surface area contributed by atoms with Crippen molar-refractivity contribution in [1.82, 2.24) is 0 Å². The number of aromatic hydroxyl groups is 2. The molecule has 0 aliphatic carbocycles. The maximum Gasteiger partial charge on any atom is 0.328 e. The minimum Gasteiger partial charge on any atom is -0.508 e. The van der Waals surface area contributed by atoms with E-state index in [4.69, 9.17) is 31.9 Å². The molecule has 0 unspecified atom stereocenters. The second kappa shape index (κ2) is 28.2. The van der Waals surface area contributed by atoms with Crippen LogP contribution in [-0.4, -0.2) is 70.9 Å². The van der Waals surface area contributed by atoms with Crippen molar-refractivity contribution in [1.29, 1.82) is 0 Å². The Kier molecular flexibility index (Phi) is 27.5. The summed E-state index contributed by atoms with van der Waals surface area (Å²) >= 11 is 3.31. The summed E-state index contributed by atoms with van der Waals surface area (Å²) in [6, 6.07) is 30.5. The molecule has 276 valence electrons. The first-order chi connectivity index (χ1) is 22.8. The lowest BCUT2D eigenvalue weighted by molar-refractivity contribution is -0.134. The van der Waals surface area contributed by atoms with E-state index in [-0.39, 0.29) is 27.9 Å². The summed E-state index contributed by atoms with van der Waals surface area (Å²) in [6.45, 7) is 1.09. The molecule has 0 saturated heterocycles. The number of rotatable bonds is 10. The molecule has 0 saturated carbocycles. The summed E-state index contributed by atoms with van der Waals surface area (Å²) in [7, 11) is 0. The number of phenolic OH excluding ortho intramolecular Hbond substituents is 2. The molecule has 17 heteroatoms. The van der Waals surface area contributed by atoms with Gasteiger partial charge in [0.05, 0.1) is 0 Å². The van der Waals surface area contributed by atoms with Crippen LogP contribution in [0.4, 0.5) is 0 Å². The second-order valence-electron chi connectivity index (χ2n) is 8.84. The van der Waals surface area contributed by atoms with Gasteiger partial charge in [-0.1, -0.05) is 59.9 Å². The van der Waals surface area contributed by atoms with Gasteiger partial charge in [-0.2, -0.15) is 0 Å². The molecule has 4 rings (SSSR count). The number of benzene rings is 4. The van der Waals surface area contributed by atoms with Crippen LogP contribution >= 0.6 is 23.5 Å². The Morgan fingerprint density at radius 2 is 0.725 bits per heavy atom. The van der Waals surface area contributed by atoms with E-state index in [0.29, 0.717) is 37.4 Å². The van der Waals surface area contributed by atoms with Crippen LogP contribution in [0, 0.1) is 0 Å². The van der Waals surface area contributed by atoms with Crippen LogP contribution in [-0.2, 0) is 32.3 Å². The van der Waals surface area contributed by atoms with Crippen LogP contribution in [0.3, 0.4) is 0 Å². The monoisotopic (exact) mass is 748 g/mol. The molecule has 0 spiro atoms. The number of carboxylic acids is 4. The van der Waals surface area contributed by atoms with Crippen LogP contribution in [0.15, 0.2) is 141 Å². The maximum atomic E-state index is 9.55. The summed E-state index contributed by atoms with van der Waals surface area (Å²) in [4.78, 5) is 42.7. The average molecular weight is 749 g/mol. The summed E-state index contributed by atoms with van der Waals surface area (Å²) in [5, 5.41) is 49.6. The van der Waals surface area contributed by atoms with Crippen molar-refractivity contribution in [3.63, 3.8) is 0 Å². The van der Waals surface area contributed by atoms with E-state index in [1.807, 2.05) is 60.7 Å². The molecule has 0 aliphatic heterocycles. The van der Waals surface area contributed by atoms with E-state index in [0.717, 1.165) is 30.7 Å². The largest absolute Gasteiger partial charge is 0.508 e. The lowest BCUT2D eigenvalue weighted by atomic mass is 10.2. The number of nitrogens with two attached hydrogens (primary N) is 2. The van der Waals surface area contributed by atoms with Crippen LogP contribution in [0.2, 0.25) is 0 Å². The Bertz CT molecular complexity index is 1530. The van der Waals surface area contributed by atoms with Gasteiger partial charge in [0, 0.05) is 57.0 Å². The van der Waals surface area contributed by atoms with Gasteiger partial charge in [-0.15, -0.1) is 0 Å². The topological polar surface area (TPSA) is 336 Å². The number of carbonyl (C=O) groups is 4. The van der Waals surface area contributed by atoms with Crippen molar-refractivity contribution < 1.29 is 66.2 Å². The summed E-state index contributed by atoms with van der Waals surface area (Å²) in [5.41, 5.74) is 13.6. The van der Waals surface area contributed by atoms with Crippen LogP contribution in [0.5, 0.6) is 11.5 Å². The first kappa shape index (κ1) is 49.7. The van der Waals surface area contributed by atoms with Gasteiger partial charge in [-0.3, -0.25) is 0 Å². The third-order valence-electron chi connectivity index (χ3n) is 5.25. The van der Waals surface area contributed by atoms with Crippen molar-refractivity contribution in [3.8, 4) is 11.5 Å². The van der Waals surface area contributed by atoms with Gasteiger partial charge in [-0.25, -0.2) is 19.2 Å². The highest BCUT2D eigenvalue weighted by molar-refractivity contribution is 7.99. The lowest BCUT2D eigenvalue weighted by Crippen LogP contribution is -1.97. The van der Waals surface area contributed by atoms with E-state index in [1.165, 1.54) is 0 Å². The molecule has 0 bridgehead atoms. The first-order valence-corrected chi connectivity index (χ1v) is 15.3. The third kappa shape index (κ3) is 23.4. The zero-order valence-electron chi connectivity index (χ0n) is 26.7. The molecule has 0 atom stereocenters. The number of hydrogen-bond donors (Lipinski definition) is 8. The highest BCUT2D eigenvalue weighted by Gasteiger charge is 2.03. The van der Waals surface area contributed by atoms with E-state index in [2.05, 4.69) is 12.1 Å². The van der Waals surface area contributed by atoms with E-state index >= 15 is 0 Å². The van der Waals surface area contributed by atoms with Crippen molar-refractivity contribution in [2.75, 3.05) is 0 Å². The highest BCUT2D eigenvalue weighted by atomic mass is 32.2. The minimum atomic E-state index is -1.26. The summed E-state index contributed by atoms with van der Waals surface area (Å²) in [6.07, 6.45) is 2.23. The summed E-state index contributed by atoms with van der Waals surface area (Å²) in [5.74, 6) is -4.45. The van der Waals surface area contributed by atoms with E-state index in [1.54, 1.807) is 47.8 Å². The van der Waals surface area contributed by atoms with Crippen molar-refractivity contribution in [2.24, 2.45) is 11.5 Å². The zero-order valence-corrected chi connectivity index (χ0v) is 28.4. The van der Waals surface area contributed by atoms with Gasteiger partial charge >= 0.3 is 23.9 Å². The predicted molar refractivity (Wildman–Crippen MR) is 193 cm³/mol. The maximum absolute atomic E-state index is 9.55. The fourth-order valence-corrected chi connectivity index (χ4v) is 5.02. The Hall–Kier alpha value is -5.66. The zero-order chi connectivity index (χ0) is 35.9. The molecular weight excluding hydrogens is 709 g/mol. The molecule has 4 aromatic carbocycles. The number of aliphatic carboxylic acids is 4. The standard InChI is InChI=1S/2C13H13NOS.2C4H4O4.3H2O/c2*14-9-10-3-1-2-4-13(10)16-12-7-5-11(15)6-8-12;2*5-3(6)1-2-4(7)8;;;/h2*1-8,15H,9,14H2;2*1-2H,(H,5,6)(H,7,8);3*1H2/b;;2*2-1-;;;.